The Balaban J connectivity index is 2.43. The maximum absolute atomic E-state index is 9.14. The second kappa shape index (κ2) is 7.25. The van der Waals surface area contributed by atoms with E-state index in [1.165, 1.54) is 6.20 Å². The number of nitrogens with zero attached hydrogens (tertiary/aromatic N) is 1. The average molecular weight is 238 g/mol. The van der Waals surface area contributed by atoms with Gasteiger partial charge in [0.2, 0.25) is 0 Å². The van der Waals surface area contributed by atoms with Gasteiger partial charge in [0.05, 0.1) is 18.5 Å². The van der Waals surface area contributed by atoms with Crippen molar-refractivity contribution in [3.63, 3.8) is 0 Å². The van der Waals surface area contributed by atoms with Crippen molar-refractivity contribution in [2.45, 2.75) is 33.4 Å². The van der Waals surface area contributed by atoms with Gasteiger partial charge in [-0.3, -0.25) is 4.98 Å². The molecule has 4 heteroatoms. The fraction of sp³-hybridized carbons (Fsp3) is 0.615. The predicted molar refractivity (Wildman–Crippen MR) is 67.9 cm³/mol. The molecule has 0 bridgehead atoms. The highest BCUT2D eigenvalue weighted by atomic mass is 16.5. The van der Waals surface area contributed by atoms with E-state index in [0.29, 0.717) is 25.1 Å². The van der Waals surface area contributed by atoms with Gasteiger partial charge < -0.3 is 15.2 Å². The zero-order chi connectivity index (χ0) is 12.7. The molecular formula is C13H22N2O2. The van der Waals surface area contributed by atoms with Crippen LogP contribution in [0.1, 0.15) is 26.5 Å². The Morgan fingerprint density at radius 1 is 1.41 bits per heavy atom. The Morgan fingerprint density at radius 2 is 2.18 bits per heavy atom. The molecule has 0 saturated carbocycles. The Hall–Kier alpha value is -1.13. The number of rotatable bonds is 7. The summed E-state index contributed by atoms with van der Waals surface area (Å²) < 4.78 is 5.44. The molecule has 0 saturated heterocycles. The monoisotopic (exact) mass is 238 g/mol. The van der Waals surface area contributed by atoms with Gasteiger partial charge >= 0.3 is 0 Å². The lowest BCUT2D eigenvalue weighted by molar-refractivity contribution is 0.107. The first kappa shape index (κ1) is 13.9. The van der Waals surface area contributed by atoms with E-state index in [2.05, 4.69) is 24.1 Å². The van der Waals surface area contributed by atoms with Crippen LogP contribution in [-0.2, 0) is 11.3 Å². The number of aromatic hydroxyl groups is 1. The molecule has 4 nitrogen and oxygen atoms in total. The summed E-state index contributed by atoms with van der Waals surface area (Å²) in [6, 6.07) is 3.79. The van der Waals surface area contributed by atoms with Crippen molar-refractivity contribution in [3.8, 4) is 5.75 Å². The van der Waals surface area contributed by atoms with Crippen LogP contribution in [0.2, 0.25) is 0 Å². The molecule has 1 aromatic rings. The maximum Gasteiger partial charge on any atom is 0.133 e. The molecule has 1 atom stereocenters. The maximum atomic E-state index is 9.14. The predicted octanol–water partition coefficient (Wildman–Crippen LogP) is 1.94. The third kappa shape index (κ3) is 5.15. The fourth-order valence-electron chi connectivity index (χ4n) is 1.49. The summed E-state index contributed by atoms with van der Waals surface area (Å²) in [5, 5.41) is 12.6. The molecule has 0 spiro atoms. The van der Waals surface area contributed by atoms with Crippen LogP contribution < -0.4 is 5.32 Å². The van der Waals surface area contributed by atoms with Crippen LogP contribution in [0.25, 0.3) is 0 Å². The van der Waals surface area contributed by atoms with Crippen LogP contribution in [0, 0.1) is 5.92 Å². The first-order valence-electron chi connectivity index (χ1n) is 6.08. The van der Waals surface area contributed by atoms with E-state index in [4.69, 9.17) is 9.84 Å². The largest absolute Gasteiger partial charge is 0.506 e. The summed E-state index contributed by atoms with van der Waals surface area (Å²) in [6.45, 7) is 8.48. The van der Waals surface area contributed by atoms with Crippen molar-refractivity contribution < 1.29 is 9.84 Å². The topological polar surface area (TPSA) is 54.4 Å². The number of ether oxygens (including phenoxy) is 1. The second-order valence-corrected chi connectivity index (χ2v) is 4.40. The molecule has 1 unspecified atom stereocenters. The van der Waals surface area contributed by atoms with Crippen LogP contribution in [-0.4, -0.2) is 29.3 Å². The van der Waals surface area contributed by atoms with Gasteiger partial charge in [0.1, 0.15) is 5.75 Å². The molecule has 1 heterocycles. The number of pyridine rings is 1. The van der Waals surface area contributed by atoms with Gasteiger partial charge in [-0.1, -0.05) is 13.8 Å². The molecule has 0 aromatic carbocycles. The molecule has 2 N–H and O–H groups in total. The summed E-state index contributed by atoms with van der Waals surface area (Å²) in [5.41, 5.74) is 0.921. The van der Waals surface area contributed by atoms with E-state index < -0.39 is 0 Å². The van der Waals surface area contributed by atoms with Gasteiger partial charge in [-0.25, -0.2) is 0 Å². The fourth-order valence-corrected chi connectivity index (χ4v) is 1.49. The molecule has 0 aliphatic rings. The first-order chi connectivity index (χ1) is 8.13. The first-order valence-corrected chi connectivity index (χ1v) is 6.08. The van der Waals surface area contributed by atoms with Crippen molar-refractivity contribution in [1.29, 1.82) is 0 Å². The number of nitrogens with one attached hydrogen (secondary N) is 1. The van der Waals surface area contributed by atoms with Crippen LogP contribution in [0.15, 0.2) is 18.3 Å². The Labute approximate surface area is 103 Å². The molecule has 0 radical (unpaired) electrons. The molecular weight excluding hydrogens is 216 g/mol. The van der Waals surface area contributed by atoms with E-state index in [1.807, 2.05) is 13.0 Å². The number of aromatic nitrogens is 1. The molecule has 0 amide bonds. The third-order valence-electron chi connectivity index (χ3n) is 2.66. The number of hydrogen-bond donors (Lipinski definition) is 2. The van der Waals surface area contributed by atoms with Crippen molar-refractivity contribution in [2.24, 2.45) is 5.92 Å². The van der Waals surface area contributed by atoms with Gasteiger partial charge in [-0.2, -0.15) is 0 Å². The van der Waals surface area contributed by atoms with Gasteiger partial charge in [0.15, 0.2) is 0 Å². The molecule has 0 aliphatic heterocycles. The second-order valence-electron chi connectivity index (χ2n) is 4.40. The van der Waals surface area contributed by atoms with E-state index in [9.17, 15) is 0 Å². The van der Waals surface area contributed by atoms with Crippen molar-refractivity contribution in [3.05, 3.63) is 24.0 Å². The van der Waals surface area contributed by atoms with Crippen LogP contribution >= 0.6 is 0 Å². The zero-order valence-electron chi connectivity index (χ0n) is 10.8. The highest BCUT2D eigenvalue weighted by Crippen LogP contribution is 2.07. The normalized spacial score (nSPS) is 12.9. The highest BCUT2D eigenvalue weighted by molar-refractivity contribution is 5.17. The smallest absolute Gasteiger partial charge is 0.133 e. The van der Waals surface area contributed by atoms with Crippen molar-refractivity contribution in [2.75, 3.05) is 13.2 Å². The van der Waals surface area contributed by atoms with Crippen LogP contribution in [0.3, 0.4) is 0 Å². The summed E-state index contributed by atoms with van der Waals surface area (Å²) in [7, 11) is 0. The lowest BCUT2D eigenvalue weighted by Crippen LogP contribution is -2.37. The number of hydrogen-bond acceptors (Lipinski definition) is 4. The molecule has 0 aliphatic carbocycles. The van der Waals surface area contributed by atoms with Gasteiger partial charge in [-0.05, 0) is 25.0 Å². The summed E-state index contributed by atoms with van der Waals surface area (Å²) in [4.78, 5) is 4.14. The molecule has 17 heavy (non-hydrogen) atoms. The Bertz CT molecular complexity index is 312. The van der Waals surface area contributed by atoms with E-state index >= 15 is 0 Å². The Kier molecular flexibility index (Phi) is 5.94. The molecule has 1 aromatic heterocycles. The summed E-state index contributed by atoms with van der Waals surface area (Å²) in [5.74, 6) is 0.710. The summed E-state index contributed by atoms with van der Waals surface area (Å²) in [6.07, 6.45) is 1.46. The van der Waals surface area contributed by atoms with E-state index in [0.717, 1.165) is 12.3 Å². The lowest BCUT2D eigenvalue weighted by Gasteiger charge is -2.22. The van der Waals surface area contributed by atoms with E-state index in [-0.39, 0.29) is 5.75 Å². The highest BCUT2D eigenvalue weighted by Gasteiger charge is 2.12. The molecule has 96 valence electrons. The van der Waals surface area contributed by atoms with Crippen LogP contribution in [0.5, 0.6) is 5.75 Å². The van der Waals surface area contributed by atoms with Gasteiger partial charge in [0, 0.05) is 19.2 Å². The van der Waals surface area contributed by atoms with Gasteiger partial charge in [-0.15, -0.1) is 0 Å². The Morgan fingerprint density at radius 3 is 2.71 bits per heavy atom. The minimum atomic E-state index is 0.198. The van der Waals surface area contributed by atoms with E-state index in [1.54, 1.807) is 6.07 Å². The van der Waals surface area contributed by atoms with Crippen molar-refractivity contribution >= 4 is 0 Å². The standard InChI is InChI=1S/C13H22N2O2/c1-4-17-9-13(10(2)3)15-7-11-5-6-12(16)8-14-11/h5-6,8,10,13,15-16H,4,7,9H2,1-3H3. The minimum absolute atomic E-state index is 0.198. The average Bonchev–Trinajstić information content (AvgIpc) is 2.31. The SMILES string of the molecule is CCOCC(NCc1ccc(O)cn1)C(C)C. The zero-order valence-corrected chi connectivity index (χ0v) is 10.8. The molecule has 1 rings (SSSR count). The third-order valence-corrected chi connectivity index (χ3v) is 2.66. The minimum Gasteiger partial charge on any atom is -0.506 e. The van der Waals surface area contributed by atoms with Crippen LogP contribution in [0.4, 0.5) is 0 Å². The van der Waals surface area contributed by atoms with Gasteiger partial charge in [0.25, 0.3) is 0 Å². The quantitative estimate of drug-likeness (QED) is 0.762. The summed E-state index contributed by atoms with van der Waals surface area (Å²) >= 11 is 0. The molecule has 0 fully saturated rings. The van der Waals surface area contributed by atoms with Crippen molar-refractivity contribution in [1.82, 2.24) is 10.3 Å². The lowest BCUT2D eigenvalue weighted by atomic mass is 10.1.